The molecule has 31 heavy (non-hydrogen) atoms. The summed E-state index contributed by atoms with van der Waals surface area (Å²) in [6.07, 6.45) is 0. The van der Waals surface area contributed by atoms with Gasteiger partial charge in [0.1, 0.15) is 11.5 Å². The second-order valence-electron chi connectivity index (χ2n) is 6.80. The van der Waals surface area contributed by atoms with Crippen molar-refractivity contribution in [3.63, 3.8) is 0 Å². The molecule has 0 heterocycles. The minimum absolute atomic E-state index is 0.268. The Labute approximate surface area is 180 Å². The summed E-state index contributed by atoms with van der Waals surface area (Å²) in [6, 6.07) is 28.3. The van der Waals surface area contributed by atoms with Crippen LogP contribution in [0.5, 0.6) is 23.0 Å². The fourth-order valence-corrected chi connectivity index (χ4v) is 3.00. The average molecular weight is 411 g/mol. The Hall–Kier alpha value is -4.45. The molecule has 0 radical (unpaired) electrons. The predicted octanol–water partition coefficient (Wildman–Crippen LogP) is 5.69. The van der Waals surface area contributed by atoms with Crippen LogP contribution in [0, 0.1) is 0 Å². The summed E-state index contributed by atoms with van der Waals surface area (Å²) < 4.78 is 12.1. The number of nitrogen functional groups attached to an aromatic ring is 2. The Morgan fingerprint density at radius 3 is 1.94 bits per heavy atom. The summed E-state index contributed by atoms with van der Waals surface area (Å²) in [5.41, 5.74) is 13.8. The highest BCUT2D eigenvalue weighted by Gasteiger charge is 2.19. The minimum atomic E-state index is -0.330. The molecule has 0 bridgehead atoms. The number of benzene rings is 4. The number of nitrogens with two attached hydrogens (primary N) is 2. The molecule has 0 aromatic heterocycles. The number of hydrogen-bond donors (Lipinski definition) is 3. The zero-order chi connectivity index (χ0) is 21.6. The molecule has 0 atom stereocenters. The maximum absolute atomic E-state index is 13.1. The number of para-hydroxylation sites is 2. The van der Waals surface area contributed by atoms with Gasteiger partial charge >= 0.3 is 0 Å². The van der Waals surface area contributed by atoms with E-state index in [0.717, 1.165) is 0 Å². The first-order valence-corrected chi connectivity index (χ1v) is 9.65. The lowest BCUT2D eigenvalue weighted by Crippen LogP contribution is -2.13. The van der Waals surface area contributed by atoms with Crippen LogP contribution in [-0.4, -0.2) is 5.91 Å². The van der Waals surface area contributed by atoms with Crippen molar-refractivity contribution in [2.45, 2.75) is 0 Å². The van der Waals surface area contributed by atoms with Crippen molar-refractivity contribution >= 4 is 23.0 Å². The Morgan fingerprint density at radius 1 is 0.677 bits per heavy atom. The standard InChI is InChI=1S/C25H21N3O3/c26-17-7-4-11-20(15-17)30-23-14-6-13-22(25(29)28-19-9-2-1-3-10-19)24(23)31-21-12-5-8-18(27)16-21/h1-16H,26-27H2,(H,28,29). The highest BCUT2D eigenvalue weighted by molar-refractivity contribution is 6.06. The lowest BCUT2D eigenvalue weighted by Gasteiger charge is -2.16. The van der Waals surface area contributed by atoms with Crippen LogP contribution >= 0.6 is 0 Å². The van der Waals surface area contributed by atoms with Gasteiger partial charge in [0.15, 0.2) is 11.5 Å². The van der Waals surface area contributed by atoms with Crippen LogP contribution in [-0.2, 0) is 0 Å². The second-order valence-corrected chi connectivity index (χ2v) is 6.80. The summed E-state index contributed by atoms with van der Waals surface area (Å²) in [5.74, 6) is 1.32. The topological polar surface area (TPSA) is 99.6 Å². The number of ether oxygens (including phenoxy) is 2. The molecule has 4 aromatic carbocycles. The van der Waals surface area contributed by atoms with Crippen molar-refractivity contribution in [2.24, 2.45) is 0 Å². The van der Waals surface area contributed by atoms with Crippen LogP contribution in [0.3, 0.4) is 0 Å². The van der Waals surface area contributed by atoms with Gasteiger partial charge in [0, 0.05) is 29.2 Å². The minimum Gasteiger partial charge on any atom is -0.453 e. The molecule has 0 saturated carbocycles. The zero-order valence-electron chi connectivity index (χ0n) is 16.6. The van der Waals surface area contributed by atoms with E-state index >= 15 is 0 Å². The molecular formula is C25H21N3O3. The number of carbonyl (C=O) groups is 1. The van der Waals surface area contributed by atoms with E-state index in [1.54, 1.807) is 66.7 Å². The fraction of sp³-hybridized carbons (Fsp3) is 0. The summed E-state index contributed by atoms with van der Waals surface area (Å²) in [7, 11) is 0. The second kappa shape index (κ2) is 8.92. The smallest absolute Gasteiger partial charge is 0.259 e. The molecule has 0 fully saturated rings. The van der Waals surface area contributed by atoms with E-state index in [2.05, 4.69) is 5.32 Å². The van der Waals surface area contributed by atoms with Crippen LogP contribution in [0.2, 0.25) is 0 Å². The van der Waals surface area contributed by atoms with Gasteiger partial charge in [-0.1, -0.05) is 36.4 Å². The lowest BCUT2D eigenvalue weighted by atomic mass is 10.1. The molecule has 6 nitrogen and oxygen atoms in total. The summed E-state index contributed by atoms with van der Waals surface area (Å²) in [6.45, 7) is 0. The third-order valence-corrected chi connectivity index (χ3v) is 4.42. The number of anilines is 3. The largest absolute Gasteiger partial charge is 0.453 e. The molecule has 0 spiro atoms. The number of amides is 1. The summed E-state index contributed by atoms with van der Waals surface area (Å²) in [4.78, 5) is 13.1. The molecule has 154 valence electrons. The van der Waals surface area contributed by atoms with Crippen molar-refractivity contribution in [2.75, 3.05) is 16.8 Å². The molecule has 1 amide bonds. The highest BCUT2D eigenvalue weighted by Crippen LogP contribution is 2.38. The van der Waals surface area contributed by atoms with Gasteiger partial charge in [0.05, 0.1) is 5.56 Å². The molecule has 4 rings (SSSR count). The molecule has 0 aliphatic rings. The number of nitrogens with one attached hydrogen (secondary N) is 1. The van der Waals surface area contributed by atoms with Gasteiger partial charge in [-0.3, -0.25) is 4.79 Å². The van der Waals surface area contributed by atoms with E-state index in [-0.39, 0.29) is 11.7 Å². The predicted molar refractivity (Wildman–Crippen MR) is 123 cm³/mol. The van der Waals surface area contributed by atoms with E-state index in [0.29, 0.717) is 39.9 Å². The molecule has 0 aliphatic carbocycles. The quantitative estimate of drug-likeness (QED) is 0.354. The van der Waals surface area contributed by atoms with Crippen molar-refractivity contribution in [3.8, 4) is 23.0 Å². The highest BCUT2D eigenvalue weighted by atomic mass is 16.5. The fourth-order valence-electron chi connectivity index (χ4n) is 3.00. The van der Waals surface area contributed by atoms with Crippen LogP contribution < -0.4 is 26.3 Å². The molecule has 0 unspecified atom stereocenters. The van der Waals surface area contributed by atoms with Gasteiger partial charge in [-0.2, -0.15) is 0 Å². The van der Waals surface area contributed by atoms with E-state index < -0.39 is 0 Å². The first-order chi connectivity index (χ1) is 15.1. The molecular weight excluding hydrogens is 390 g/mol. The lowest BCUT2D eigenvalue weighted by molar-refractivity contribution is 0.102. The van der Waals surface area contributed by atoms with Gasteiger partial charge in [-0.15, -0.1) is 0 Å². The van der Waals surface area contributed by atoms with Crippen molar-refractivity contribution in [1.82, 2.24) is 0 Å². The van der Waals surface area contributed by atoms with E-state index in [1.807, 2.05) is 30.3 Å². The Bertz CT molecular complexity index is 1210. The number of carbonyl (C=O) groups excluding carboxylic acids is 1. The summed E-state index contributed by atoms with van der Waals surface area (Å²) in [5, 5.41) is 2.88. The first-order valence-electron chi connectivity index (χ1n) is 9.65. The van der Waals surface area contributed by atoms with E-state index in [4.69, 9.17) is 20.9 Å². The Kier molecular flexibility index (Phi) is 5.71. The Balaban J connectivity index is 1.73. The molecule has 4 aromatic rings. The Morgan fingerprint density at radius 2 is 1.29 bits per heavy atom. The third-order valence-electron chi connectivity index (χ3n) is 4.42. The monoisotopic (exact) mass is 411 g/mol. The van der Waals surface area contributed by atoms with Gasteiger partial charge in [0.25, 0.3) is 5.91 Å². The maximum Gasteiger partial charge on any atom is 0.259 e. The number of rotatable bonds is 6. The van der Waals surface area contributed by atoms with Crippen molar-refractivity contribution in [3.05, 3.63) is 103 Å². The number of hydrogen-bond acceptors (Lipinski definition) is 5. The average Bonchev–Trinajstić information content (AvgIpc) is 2.76. The molecule has 0 aliphatic heterocycles. The molecule has 5 N–H and O–H groups in total. The van der Waals surface area contributed by atoms with Gasteiger partial charge < -0.3 is 26.3 Å². The van der Waals surface area contributed by atoms with Gasteiger partial charge in [0.2, 0.25) is 0 Å². The molecule has 6 heteroatoms. The first kappa shape index (κ1) is 19.8. The van der Waals surface area contributed by atoms with E-state index in [1.165, 1.54) is 0 Å². The van der Waals surface area contributed by atoms with Gasteiger partial charge in [-0.25, -0.2) is 0 Å². The normalized spacial score (nSPS) is 10.3. The SMILES string of the molecule is Nc1cccc(Oc2cccc(C(=O)Nc3ccccc3)c2Oc2cccc(N)c2)c1. The van der Waals surface area contributed by atoms with Crippen LogP contribution in [0.25, 0.3) is 0 Å². The zero-order valence-corrected chi connectivity index (χ0v) is 16.6. The van der Waals surface area contributed by atoms with E-state index in [9.17, 15) is 4.79 Å². The van der Waals surface area contributed by atoms with Crippen LogP contribution in [0.15, 0.2) is 97.1 Å². The third kappa shape index (κ3) is 4.94. The summed E-state index contributed by atoms with van der Waals surface area (Å²) >= 11 is 0. The van der Waals surface area contributed by atoms with Gasteiger partial charge in [-0.05, 0) is 48.5 Å². The molecule has 0 saturated heterocycles. The van der Waals surface area contributed by atoms with Crippen LogP contribution in [0.4, 0.5) is 17.1 Å². The van der Waals surface area contributed by atoms with Crippen molar-refractivity contribution in [1.29, 1.82) is 0 Å². The van der Waals surface area contributed by atoms with Crippen molar-refractivity contribution < 1.29 is 14.3 Å². The van der Waals surface area contributed by atoms with Crippen LogP contribution in [0.1, 0.15) is 10.4 Å². The maximum atomic E-state index is 13.1.